The van der Waals surface area contributed by atoms with Crippen molar-refractivity contribution in [2.45, 2.75) is 24.7 Å². The third-order valence-corrected chi connectivity index (χ3v) is 5.49. The van der Waals surface area contributed by atoms with Gasteiger partial charge in [0.1, 0.15) is 0 Å². The minimum absolute atomic E-state index is 0.0411. The smallest absolute Gasteiger partial charge is 0.261 e. The van der Waals surface area contributed by atoms with Gasteiger partial charge in [-0.2, -0.15) is 0 Å². The van der Waals surface area contributed by atoms with E-state index in [1.165, 1.54) is 12.1 Å². The van der Waals surface area contributed by atoms with Gasteiger partial charge in [-0.05, 0) is 24.1 Å². The summed E-state index contributed by atoms with van der Waals surface area (Å²) in [6, 6.07) is 6.10. The van der Waals surface area contributed by atoms with Crippen LogP contribution in [-0.4, -0.2) is 36.6 Å². The van der Waals surface area contributed by atoms with Crippen molar-refractivity contribution >= 4 is 36.4 Å². The predicted octanol–water partition coefficient (Wildman–Crippen LogP) is 1.43. The highest BCUT2D eigenvalue weighted by atomic mass is 35.7. The van der Waals surface area contributed by atoms with E-state index in [9.17, 15) is 17.4 Å². The molecule has 0 bridgehead atoms. The Hall–Kier alpha value is -0.920. The van der Waals surface area contributed by atoms with E-state index >= 15 is 0 Å². The van der Waals surface area contributed by atoms with Crippen molar-refractivity contribution in [2.75, 3.05) is 18.1 Å². The van der Waals surface area contributed by atoms with Crippen LogP contribution >= 0.6 is 10.7 Å². The molecule has 0 aromatic heterocycles. The minimum Gasteiger partial charge on any atom is -0.355 e. The summed E-state index contributed by atoms with van der Waals surface area (Å²) in [4.78, 5) is 11.6. The zero-order chi connectivity index (χ0) is 15.9. The number of carbonyl (C=O) groups is 1. The molecule has 0 fully saturated rings. The molecule has 1 rings (SSSR count). The van der Waals surface area contributed by atoms with Crippen LogP contribution in [0.3, 0.4) is 0 Å². The van der Waals surface area contributed by atoms with Crippen molar-refractivity contribution in [3.05, 3.63) is 29.8 Å². The molecule has 0 heterocycles. The Kier molecular flexibility index (Phi) is 7.34. The highest BCUT2D eigenvalue weighted by Gasteiger charge is 2.09. The molecule has 0 radical (unpaired) electrons. The van der Waals surface area contributed by atoms with Crippen molar-refractivity contribution in [1.29, 1.82) is 0 Å². The van der Waals surface area contributed by atoms with Gasteiger partial charge >= 0.3 is 0 Å². The van der Waals surface area contributed by atoms with Gasteiger partial charge < -0.3 is 5.32 Å². The Bertz CT molecular complexity index is 599. The average Bonchev–Trinajstić information content (AvgIpc) is 2.44. The second-order valence-electron chi connectivity index (χ2n) is 4.36. The largest absolute Gasteiger partial charge is 0.355 e. The number of amides is 1. The summed E-state index contributed by atoms with van der Waals surface area (Å²) in [5.41, 5.74) is 0.853. The molecule has 0 saturated carbocycles. The van der Waals surface area contributed by atoms with Gasteiger partial charge in [-0.25, -0.2) is 8.42 Å². The van der Waals surface area contributed by atoms with Crippen molar-refractivity contribution in [1.82, 2.24) is 5.32 Å². The highest BCUT2D eigenvalue weighted by molar-refractivity contribution is 8.13. The Morgan fingerprint density at radius 1 is 1.29 bits per heavy atom. The van der Waals surface area contributed by atoms with Gasteiger partial charge in [0.25, 0.3) is 9.05 Å². The number of benzene rings is 1. The lowest BCUT2D eigenvalue weighted by molar-refractivity contribution is -0.120. The summed E-state index contributed by atoms with van der Waals surface area (Å²) in [5.74, 6) is 0.938. The zero-order valence-corrected chi connectivity index (χ0v) is 14.1. The van der Waals surface area contributed by atoms with Crippen LogP contribution in [0.25, 0.3) is 0 Å². The summed E-state index contributed by atoms with van der Waals surface area (Å²) in [6.45, 7) is 2.24. The molecule has 21 heavy (non-hydrogen) atoms. The van der Waals surface area contributed by atoms with E-state index in [1.807, 2.05) is 6.92 Å². The lowest BCUT2D eigenvalue weighted by Gasteiger charge is -2.05. The molecule has 118 valence electrons. The Balaban J connectivity index is 2.38. The monoisotopic (exact) mass is 351 g/mol. The molecule has 5 nitrogen and oxygen atoms in total. The summed E-state index contributed by atoms with van der Waals surface area (Å²) in [6.07, 6.45) is 0.803. The van der Waals surface area contributed by atoms with Gasteiger partial charge in [0.05, 0.1) is 4.90 Å². The van der Waals surface area contributed by atoms with Crippen LogP contribution in [-0.2, 0) is 31.1 Å². The van der Waals surface area contributed by atoms with Crippen LogP contribution in [0.1, 0.15) is 18.9 Å². The molecule has 0 saturated heterocycles. The Morgan fingerprint density at radius 2 is 1.90 bits per heavy atom. The molecule has 1 aromatic rings. The molecule has 1 unspecified atom stereocenters. The van der Waals surface area contributed by atoms with Gasteiger partial charge in [-0.3, -0.25) is 9.00 Å². The molecule has 0 aliphatic rings. The molecule has 1 aromatic carbocycles. The first-order chi connectivity index (χ1) is 9.82. The fourth-order valence-corrected chi connectivity index (χ4v) is 3.00. The molecular formula is C13H18ClNO4S2. The van der Waals surface area contributed by atoms with E-state index in [-0.39, 0.29) is 10.8 Å². The van der Waals surface area contributed by atoms with Crippen LogP contribution in [0.15, 0.2) is 29.2 Å². The number of hydrogen-bond acceptors (Lipinski definition) is 4. The topological polar surface area (TPSA) is 80.3 Å². The SMILES string of the molecule is CCS(=O)CCNC(=O)CCc1ccc(S(=O)(=O)Cl)cc1. The second-order valence-corrected chi connectivity index (χ2v) is 8.80. The van der Waals surface area contributed by atoms with Crippen molar-refractivity contribution < 1.29 is 17.4 Å². The van der Waals surface area contributed by atoms with Crippen LogP contribution in [0.4, 0.5) is 0 Å². The zero-order valence-electron chi connectivity index (χ0n) is 11.7. The number of nitrogens with one attached hydrogen (secondary N) is 1. The van der Waals surface area contributed by atoms with E-state index in [2.05, 4.69) is 5.32 Å². The van der Waals surface area contributed by atoms with Gasteiger partial charge in [0.2, 0.25) is 5.91 Å². The molecule has 1 amide bonds. The lowest BCUT2D eigenvalue weighted by atomic mass is 10.1. The summed E-state index contributed by atoms with van der Waals surface area (Å²) < 4.78 is 33.4. The predicted molar refractivity (Wildman–Crippen MR) is 84.4 cm³/mol. The lowest BCUT2D eigenvalue weighted by Crippen LogP contribution is -2.28. The van der Waals surface area contributed by atoms with Crippen molar-refractivity contribution in [3.8, 4) is 0 Å². The summed E-state index contributed by atoms with van der Waals surface area (Å²) in [5, 5.41) is 2.70. The normalized spacial score (nSPS) is 12.9. The molecule has 1 atom stereocenters. The van der Waals surface area contributed by atoms with Gasteiger partial charge in [0.15, 0.2) is 0 Å². The van der Waals surface area contributed by atoms with Crippen LogP contribution < -0.4 is 5.32 Å². The molecular weight excluding hydrogens is 334 g/mol. The van der Waals surface area contributed by atoms with Gasteiger partial charge in [-0.15, -0.1) is 0 Å². The van der Waals surface area contributed by atoms with Crippen molar-refractivity contribution in [2.24, 2.45) is 0 Å². The quantitative estimate of drug-likeness (QED) is 0.718. The standard InChI is InChI=1S/C13H18ClNO4S2/c1-2-20(17)10-9-15-13(16)8-5-11-3-6-12(7-4-11)21(14,18)19/h3-4,6-7H,2,5,8-10H2,1H3,(H,15,16). The minimum atomic E-state index is -3.71. The maximum absolute atomic E-state index is 11.6. The first-order valence-corrected chi connectivity index (χ1v) is 10.3. The third kappa shape index (κ3) is 7.06. The first-order valence-electron chi connectivity index (χ1n) is 6.48. The van der Waals surface area contributed by atoms with Crippen molar-refractivity contribution in [3.63, 3.8) is 0 Å². The van der Waals surface area contributed by atoms with E-state index in [4.69, 9.17) is 10.7 Å². The fourth-order valence-electron chi connectivity index (χ4n) is 1.61. The maximum Gasteiger partial charge on any atom is 0.261 e. The number of carbonyl (C=O) groups excluding carboxylic acids is 1. The van der Waals surface area contributed by atoms with E-state index in [0.29, 0.717) is 30.9 Å². The Labute approximate surface area is 132 Å². The number of hydrogen-bond donors (Lipinski definition) is 1. The Morgan fingerprint density at radius 3 is 2.43 bits per heavy atom. The maximum atomic E-state index is 11.6. The van der Waals surface area contributed by atoms with Gasteiger partial charge in [-0.1, -0.05) is 19.1 Å². The molecule has 8 heteroatoms. The molecule has 0 aliphatic carbocycles. The van der Waals surface area contributed by atoms with Crippen LogP contribution in [0, 0.1) is 0 Å². The molecule has 1 N–H and O–H groups in total. The summed E-state index contributed by atoms with van der Waals surface area (Å²) in [7, 11) is 0.628. The summed E-state index contributed by atoms with van der Waals surface area (Å²) >= 11 is 0. The van der Waals surface area contributed by atoms with E-state index in [1.54, 1.807) is 12.1 Å². The number of rotatable bonds is 8. The highest BCUT2D eigenvalue weighted by Crippen LogP contribution is 2.15. The van der Waals surface area contributed by atoms with E-state index in [0.717, 1.165) is 5.56 Å². The van der Waals surface area contributed by atoms with Gasteiger partial charge in [0, 0.05) is 46.0 Å². The molecule has 0 spiro atoms. The third-order valence-electron chi connectivity index (χ3n) is 2.82. The second kappa shape index (κ2) is 8.51. The van der Waals surface area contributed by atoms with Crippen LogP contribution in [0.5, 0.6) is 0 Å². The van der Waals surface area contributed by atoms with E-state index < -0.39 is 19.9 Å². The average molecular weight is 352 g/mol. The number of halogens is 1. The molecule has 0 aliphatic heterocycles. The van der Waals surface area contributed by atoms with Crippen LogP contribution in [0.2, 0.25) is 0 Å². The first kappa shape index (κ1) is 18.1. The fraction of sp³-hybridized carbons (Fsp3) is 0.462. The number of aryl methyl sites for hydroxylation is 1.